The van der Waals surface area contributed by atoms with Gasteiger partial charge in [-0.15, -0.1) is 0 Å². The van der Waals surface area contributed by atoms with E-state index in [1.54, 1.807) is 0 Å². The highest BCUT2D eigenvalue weighted by Gasteiger charge is 2.40. The van der Waals surface area contributed by atoms with Crippen molar-refractivity contribution in [3.05, 3.63) is 0 Å². The second kappa shape index (κ2) is 7.77. The van der Waals surface area contributed by atoms with Crippen molar-refractivity contribution in [1.29, 1.82) is 0 Å². The fourth-order valence-corrected chi connectivity index (χ4v) is 3.47. The van der Waals surface area contributed by atoms with Crippen LogP contribution in [0.1, 0.15) is 51.4 Å². The van der Waals surface area contributed by atoms with E-state index in [1.165, 1.54) is 0 Å². The van der Waals surface area contributed by atoms with Gasteiger partial charge >= 0.3 is 5.97 Å². The lowest BCUT2D eigenvalue weighted by Gasteiger charge is -2.27. The Kier molecular flexibility index (Phi) is 6.64. The molecule has 0 aliphatic heterocycles. The fraction of sp³-hybridized carbons (Fsp3) is 0.857. The summed E-state index contributed by atoms with van der Waals surface area (Å²) >= 11 is 0. The maximum atomic E-state index is 11.9. The Hall–Kier alpha value is -1.11. The first-order valence-corrected chi connectivity index (χ1v) is 9.49. The van der Waals surface area contributed by atoms with Crippen molar-refractivity contribution in [1.82, 2.24) is 5.32 Å². The molecular weight excluding hydrogens is 294 g/mol. The Morgan fingerprint density at radius 1 is 1.14 bits per heavy atom. The van der Waals surface area contributed by atoms with Crippen molar-refractivity contribution >= 4 is 21.7 Å². The lowest BCUT2D eigenvalue weighted by atomic mass is 9.77. The topological polar surface area (TPSA) is 101 Å². The van der Waals surface area contributed by atoms with Gasteiger partial charge in [-0.1, -0.05) is 25.7 Å². The number of sulfone groups is 1. The van der Waals surface area contributed by atoms with Crippen LogP contribution in [0.4, 0.5) is 0 Å². The molecule has 0 aromatic carbocycles. The van der Waals surface area contributed by atoms with Gasteiger partial charge in [0.05, 0.1) is 11.2 Å². The molecule has 0 bridgehead atoms. The van der Waals surface area contributed by atoms with Gasteiger partial charge in [0.2, 0.25) is 5.91 Å². The smallest absolute Gasteiger partial charge is 0.310 e. The zero-order valence-electron chi connectivity index (χ0n) is 12.6. The van der Waals surface area contributed by atoms with Crippen molar-refractivity contribution in [2.75, 3.05) is 18.6 Å². The SMILES string of the molecule is CS(=O)(=O)CCCNC(=O)CC1(C(=O)O)CCCCCC1. The molecular formula is C14H25NO5S. The van der Waals surface area contributed by atoms with Crippen LogP contribution in [-0.2, 0) is 19.4 Å². The number of hydrogen-bond donors (Lipinski definition) is 2. The molecule has 0 heterocycles. The van der Waals surface area contributed by atoms with Gasteiger partial charge in [-0.05, 0) is 19.3 Å². The Morgan fingerprint density at radius 3 is 2.19 bits per heavy atom. The van der Waals surface area contributed by atoms with E-state index in [4.69, 9.17) is 0 Å². The van der Waals surface area contributed by atoms with Gasteiger partial charge in [0.15, 0.2) is 0 Å². The Bertz CT molecular complexity index is 464. The van der Waals surface area contributed by atoms with Gasteiger partial charge < -0.3 is 10.4 Å². The van der Waals surface area contributed by atoms with Crippen LogP contribution in [0.2, 0.25) is 0 Å². The van der Waals surface area contributed by atoms with E-state index in [9.17, 15) is 23.1 Å². The quantitative estimate of drug-likeness (QED) is 0.545. The first-order chi connectivity index (χ1) is 9.75. The van der Waals surface area contributed by atoms with Gasteiger partial charge in [0.25, 0.3) is 0 Å². The number of carboxylic acid groups (broad SMARTS) is 1. The van der Waals surface area contributed by atoms with E-state index >= 15 is 0 Å². The lowest BCUT2D eigenvalue weighted by Crippen LogP contribution is -2.38. The zero-order chi connectivity index (χ0) is 15.9. The molecule has 1 amide bonds. The Morgan fingerprint density at radius 2 is 1.71 bits per heavy atom. The maximum Gasteiger partial charge on any atom is 0.310 e. The molecule has 7 heteroatoms. The van der Waals surface area contributed by atoms with E-state index in [-0.39, 0.29) is 24.6 Å². The molecule has 21 heavy (non-hydrogen) atoms. The lowest BCUT2D eigenvalue weighted by molar-refractivity contribution is -0.152. The third-order valence-corrected chi connectivity index (χ3v) is 5.06. The highest BCUT2D eigenvalue weighted by molar-refractivity contribution is 7.90. The van der Waals surface area contributed by atoms with E-state index in [0.717, 1.165) is 31.9 Å². The van der Waals surface area contributed by atoms with Crippen molar-refractivity contribution in [2.45, 2.75) is 51.4 Å². The molecule has 1 fully saturated rings. The van der Waals surface area contributed by atoms with Crippen LogP contribution in [0.25, 0.3) is 0 Å². The molecule has 0 spiro atoms. The summed E-state index contributed by atoms with van der Waals surface area (Å²) in [6.07, 6.45) is 6.29. The van der Waals surface area contributed by atoms with E-state index in [2.05, 4.69) is 5.32 Å². The minimum Gasteiger partial charge on any atom is -0.481 e. The number of aliphatic carboxylic acids is 1. The van der Waals surface area contributed by atoms with E-state index < -0.39 is 21.2 Å². The van der Waals surface area contributed by atoms with Crippen molar-refractivity contribution < 1.29 is 23.1 Å². The van der Waals surface area contributed by atoms with Gasteiger partial charge in [-0.3, -0.25) is 9.59 Å². The number of hydrogen-bond acceptors (Lipinski definition) is 4. The molecule has 6 nitrogen and oxygen atoms in total. The standard InChI is InChI=1S/C14H25NO5S/c1-21(19,20)10-6-9-15-12(16)11-14(13(17)18)7-4-2-3-5-8-14/h2-11H2,1H3,(H,15,16)(H,17,18). The van der Waals surface area contributed by atoms with Gasteiger partial charge in [-0.25, -0.2) is 8.42 Å². The van der Waals surface area contributed by atoms with Gasteiger partial charge in [0.1, 0.15) is 9.84 Å². The molecule has 0 aromatic rings. The number of amides is 1. The molecule has 0 atom stereocenters. The van der Waals surface area contributed by atoms with Crippen molar-refractivity contribution in [2.24, 2.45) is 5.41 Å². The Labute approximate surface area is 126 Å². The van der Waals surface area contributed by atoms with E-state index in [1.807, 2.05) is 0 Å². The molecule has 0 radical (unpaired) electrons. The van der Waals surface area contributed by atoms with Gasteiger partial charge in [0, 0.05) is 19.2 Å². The summed E-state index contributed by atoms with van der Waals surface area (Å²) in [6.45, 7) is 0.265. The van der Waals surface area contributed by atoms with Crippen LogP contribution in [0.5, 0.6) is 0 Å². The highest BCUT2D eigenvalue weighted by Crippen LogP contribution is 2.38. The zero-order valence-corrected chi connectivity index (χ0v) is 13.4. The number of carboxylic acids is 1. The second-order valence-corrected chi connectivity index (χ2v) is 8.27. The summed E-state index contributed by atoms with van der Waals surface area (Å²) in [5, 5.41) is 12.1. The van der Waals surface area contributed by atoms with Gasteiger partial charge in [-0.2, -0.15) is 0 Å². The normalized spacial score (nSPS) is 18.7. The fourth-order valence-electron chi connectivity index (χ4n) is 2.80. The van der Waals surface area contributed by atoms with Crippen molar-refractivity contribution in [3.63, 3.8) is 0 Å². The summed E-state index contributed by atoms with van der Waals surface area (Å²) in [5.74, 6) is -1.17. The minimum atomic E-state index is -3.03. The summed E-state index contributed by atoms with van der Waals surface area (Å²) in [4.78, 5) is 23.5. The number of rotatable bonds is 7. The Balaban J connectivity index is 2.47. The first-order valence-electron chi connectivity index (χ1n) is 7.43. The average molecular weight is 319 g/mol. The van der Waals surface area contributed by atoms with Crippen LogP contribution in [0.15, 0.2) is 0 Å². The molecule has 2 N–H and O–H groups in total. The minimum absolute atomic E-state index is 0.0127. The number of carbonyl (C=O) groups excluding carboxylic acids is 1. The molecule has 1 saturated carbocycles. The number of carbonyl (C=O) groups is 2. The maximum absolute atomic E-state index is 11.9. The van der Waals surface area contributed by atoms with Crippen LogP contribution in [0, 0.1) is 5.41 Å². The molecule has 1 aliphatic rings. The predicted octanol–water partition coefficient (Wildman–Crippen LogP) is 1.35. The highest BCUT2D eigenvalue weighted by atomic mass is 32.2. The predicted molar refractivity (Wildman–Crippen MR) is 79.7 cm³/mol. The first kappa shape index (κ1) is 17.9. The molecule has 0 aromatic heterocycles. The van der Waals surface area contributed by atoms with Crippen LogP contribution >= 0.6 is 0 Å². The van der Waals surface area contributed by atoms with Crippen LogP contribution < -0.4 is 5.32 Å². The van der Waals surface area contributed by atoms with E-state index in [0.29, 0.717) is 19.3 Å². The summed E-state index contributed by atoms with van der Waals surface area (Å²) in [5.41, 5.74) is -0.947. The summed E-state index contributed by atoms with van der Waals surface area (Å²) in [6, 6.07) is 0. The van der Waals surface area contributed by atoms with Crippen LogP contribution in [-0.4, -0.2) is 44.0 Å². The summed E-state index contributed by atoms with van der Waals surface area (Å²) < 4.78 is 22.0. The molecule has 122 valence electrons. The average Bonchev–Trinajstić information content (AvgIpc) is 2.60. The largest absolute Gasteiger partial charge is 0.481 e. The summed E-state index contributed by atoms with van der Waals surface area (Å²) in [7, 11) is -3.03. The molecule has 0 saturated heterocycles. The molecule has 1 rings (SSSR count). The third-order valence-electron chi connectivity index (χ3n) is 4.03. The molecule has 1 aliphatic carbocycles. The van der Waals surface area contributed by atoms with Crippen molar-refractivity contribution in [3.8, 4) is 0 Å². The van der Waals surface area contributed by atoms with Crippen LogP contribution in [0.3, 0.4) is 0 Å². The number of nitrogens with one attached hydrogen (secondary N) is 1. The molecule has 0 unspecified atom stereocenters. The monoisotopic (exact) mass is 319 g/mol. The third kappa shape index (κ3) is 6.46. The second-order valence-electron chi connectivity index (χ2n) is 6.01.